The number of nitrogens with two attached hydrogens (primary N) is 1. The van der Waals surface area contributed by atoms with Crippen LogP contribution in [-0.2, 0) is 26.5 Å². The average Bonchev–Trinajstić information content (AvgIpc) is 3.03. The van der Waals surface area contributed by atoms with Crippen LogP contribution < -0.4 is 9.44 Å². The normalized spacial score (nSPS) is 16.6. The first-order valence-electron chi connectivity index (χ1n) is 9.03. The molecule has 2 N–H and O–H groups in total. The first-order chi connectivity index (χ1) is 13.7. The molecule has 0 saturated carbocycles. The molecule has 1 aliphatic rings. The van der Waals surface area contributed by atoms with Crippen molar-refractivity contribution in [3.05, 3.63) is 78.4 Å². The van der Waals surface area contributed by atoms with Gasteiger partial charge in [0, 0.05) is 6.04 Å². The summed E-state index contributed by atoms with van der Waals surface area (Å²) in [6.45, 7) is 1.80. The predicted octanol–water partition coefficient (Wildman–Crippen LogP) is 3.14. The molecule has 0 fully saturated rings. The summed E-state index contributed by atoms with van der Waals surface area (Å²) in [4.78, 5) is 0.169. The average molecular weight is 429 g/mol. The maximum absolute atomic E-state index is 13.3. The highest BCUT2D eigenvalue weighted by Crippen LogP contribution is 2.38. The van der Waals surface area contributed by atoms with Crippen LogP contribution in [-0.4, -0.2) is 22.9 Å². The first kappa shape index (κ1) is 19.6. The number of hydrogen-bond donors (Lipinski definition) is 1. The maximum atomic E-state index is 13.3. The minimum atomic E-state index is -3.85. The van der Waals surface area contributed by atoms with Crippen LogP contribution in [0.25, 0.3) is 11.1 Å². The zero-order chi connectivity index (χ0) is 20.8. The van der Waals surface area contributed by atoms with E-state index in [-0.39, 0.29) is 15.8 Å². The third kappa shape index (κ3) is 3.55. The van der Waals surface area contributed by atoms with Crippen LogP contribution in [0, 0.1) is 0 Å². The van der Waals surface area contributed by atoms with Gasteiger partial charge in [0.2, 0.25) is 10.0 Å². The fraction of sp³-hybridized carbons (Fsp3) is 0.143. The number of primary sulfonamides is 1. The number of benzene rings is 3. The van der Waals surface area contributed by atoms with E-state index in [9.17, 15) is 16.8 Å². The van der Waals surface area contributed by atoms with Crippen LogP contribution in [0.5, 0.6) is 0 Å². The molecule has 1 heterocycles. The molecule has 0 radical (unpaired) electrons. The van der Waals surface area contributed by atoms with E-state index in [1.807, 2.05) is 30.3 Å². The van der Waals surface area contributed by atoms with Crippen LogP contribution in [0.3, 0.4) is 0 Å². The van der Waals surface area contributed by atoms with E-state index >= 15 is 0 Å². The Balaban J connectivity index is 1.72. The second-order valence-corrected chi connectivity index (χ2v) is 10.5. The van der Waals surface area contributed by atoms with Gasteiger partial charge in [0.1, 0.15) is 0 Å². The van der Waals surface area contributed by atoms with Crippen molar-refractivity contribution in [3.63, 3.8) is 0 Å². The number of sulfonamides is 2. The third-order valence-corrected chi connectivity index (χ3v) is 7.90. The van der Waals surface area contributed by atoms with Crippen molar-refractivity contribution in [1.29, 1.82) is 0 Å². The summed E-state index contributed by atoms with van der Waals surface area (Å²) >= 11 is 0. The Bertz CT molecular complexity index is 1270. The van der Waals surface area contributed by atoms with Gasteiger partial charge in [-0.1, -0.05) is 42.5 Å². The second-order valence-electron chi connectivity index (χ2n) is 7.08. The molecule has 0 aromatic heterocycles. The van der Waals surface area contributed by atoms with E-state index in [0.29, 0.717) is 17.7 Å². The SMILES string of the molecule is CC1Cc2cc(S(N)(=O)=O)ccc2N1S(=O)(=O)c1ccc(-c2ccccc2)cc1. The highest BCUT2D eigenvalue weighted by Gasteiger charge is 2.36. The lowest BCUT2D eigenvalue weighted by Gasteiger charge is -2.24. The zero-order valence-corrected chi connectivity index (χ0v) is 17.3. The Kier molecular flexibility index (Phi) is 4.72. The molecule has 4 rings (SSSR count). The van der Waals surface area contributed by atoms with Crippen molar-refractivity contribution in [3.8, 4) is 11.1 Å². The van der Waals surface area contributed by atoms with Crippen molar-refractivity contribution in [2.45, 2.75) is 29.2 Å². The Morgan fingerprint density at radius 2 is 1.41 bits per heavy atom. The van der Waals surface area contributed by atoms with Crippen molar-refractivity contribution in [1.82, 2.24) is 0 Å². The summed E-state index contributed by atoms with van der Waals surface area (Å²) in [5.74, 6) is 0. The molecule has 1 atom stereocenters. The molecule has 29 heavy (non-hydrogen) atoms. The van der Waals surface area contributed by atoms with Gasteiger partial charge < -0.3 is 0 Å². The number of nitrogens with zero attached hydrogens (tertiary/aromatic N) is 1. The molecular formula is C21H20N2O4S2. The Morgan fingerprint density at radius 3 is 2.03 bits per heavy atom. The molecule has 1 unspecified atom stereocenters. The number of hydrogen-bond acceptors (Lipinski definition) is 4. The van der Waals surface area contributed by atoms with Crippen molar-refractivity contribution in [2.24, 2.45) is 5.14 Å². The molecule has 150 valence electrons. The van der Waals surface area contributed by atoms with Gasteiger partial charge in [-0.2, -0.15) is 0 Å². The maximum Gasteiger partial charge on any atom is 0.264 e. The lowest BCUT2D eigenvalue weighted by Crippen LogP contribution is -2.35. The summed E-state index contributed by atoms with van der Waals surface area (Å²) in [6.07, 6.45) is 0.417. The van der Waals surface area contributed by atoms with E-state index < -0.39 is 20.0 Å². The van der Waals surface area contributed by atoms with Gasteiger partial charge in [-0.15, -0.1) is 0 Å². The summed E-state index contributed by atoms with van der Waals surface area (Å²) < 4.78 is 51.2. The van der Waals surface area contributed by atoms with Crippen LogP contribution in [0.4, 0.5) is 5.69 Å². The van der Waals surface area contributed by atoms with Gasteiger partial charge in [-0.05, 0) is 60.4 Å². The highest BCUT2D eigenvalue weighted by molar-refractivity contribution is 7.93. The lowest BCUT2D eigenvalue weighted by atomic mass is 10.1. The molecule has 0 bridgehead atoms. The van der Waals surface area contributed by atoms with E-state index in [1.54, 1.807) is 31.2 Å². The van der Waals surface area contributed by atoms with Gasteiger partial charge >= 0.3 is 0 Å². The molecule has 6 nitrogen and oxygen atoms in total. The minimum absolute atomic E-state index is 0.0186. The molecule has 8 heteroatoms. The van der Waals surface area contributed by atoms with E-state index in [4.69, 9.17) is 5.14 Å². The lowest BCUT2D eigenvalue weighted by molar-refractivity contribution is 0.584. The summed E-state index contributed by atoms with van der Waals surface area (Å²) in [6, 6.07) is 20.4. The molecule has 0 saturated heterocycles. The molecule has 3 aromatic carbocycles. The van der Waals surface area contributed by atoms with E-state index in [1.165, 1.54) is 22.5 Å². The zero-order valence-electron chi connectivity index (χ0n) is 15.7. The molecule has 3 aromatic rings. The third-order valence-electron chi connectivity index (χ3n) is 5.05. The van der Waals surface area contributed by atoms with Gasteiger partial charge in [0.25, 0.3) is 10.0 Å². The molecular weight excluding hydrogens is 408 g/mol. The predicted molar refractivity (Wildman–Crippen MR) is 113 cm³/mol. The van der Waals surface area contributed by atoms with Crippen molar-refractivity contribution in [2.75, 3.05) is 4.31 Å². The number of rotatable bonds is 4. The fourth-order valence-electron chi connectivity index (χ4n) is 3.69. The van der Waals surface area contributed by atoms with Gasteiger partial charge in [-0.25, -0.2) is 22.0 Å². The van der Waals surface area contributed by atoms with Gasteiger partial charge in [-0.3, -0.25) is 4.31 Å². The Labute approximate surface area is 170 Å². The standard InChI is InChI=1S/C21H20N2O4S2/c1-15-13-18-14-20(28(22,24)25)11-12-21(18)23(15)29(26,27)19-9-7-17(8-10-19)16-5-3-2-4-6-16/h2-12,14-15H,13H2,1H3,(H2,22,24,25). The number of anilines is 1. The van der Waals surface area contributed by atoms with E-state index in [2.05, 4.69) is 0 Å². The Morgan fingerprint density at radius 1 is 0.828 bits per heavy atom. The second kappa shape index (κ2) is 6.98. The number of fused-ring (bicyclic) bond motifs is 1. The van der Waals surface area contributed by atoms with Crippen LogP contribution >= 0.6 is 0 Å². The topological polar surface area (TPSA) is 97.5 Å². The van der Waals surface area contributed by atoms with Crippen LogP contribution in [0.1, 0.15) is 12.5 Å². The van der Waals surface area contributed by atoms with E-state index in [0.717, 1.165) is 11.1 Å². The fourth-order valence-corrected chi connectivity index (χ4v) is 5.94. The monoisotopic (exact) mass is 428 g/mol. The smallest absolute Gasteiger partial charge is 0.263 e. The van der Waals surface area contributed by atoms with Gasteiger partial charge in [0.05, 0.1) is 15.5 Å². The van der Waals surface area contributed by atoms with Crippen LogP contribution in [0.2, 0.25) is 0 Å². The molecule has 0 amide bonds. The largest absolute Gasteiger partial charge is 0.264 e. The van der Waals surface area contributed by atoms with Crippen LogP contribution in [0.15, 0.2) is 82.6 Å². The van der Waals surface area contributed by atoms with Gasteiger partial charge in [0.15, 0.2) is 0 Å². The van der Waals surface area contributed by atoms with Crippen molar-refractivity contribution < 1.29 is 16.8 Å². The first-order valence-corrected chi connectivity index (χ1v) is 12.0. The molecule has 0 spiro atoms. The minimum Gasteiger partial charge on any atom is -0.263 e. The Hall–Kier alpha value is -2.68. The summed E-state index contributed by atoms with van der Waals surface area (Å²) in [7, 11) is -7.64. The highest BCUT2D eigenvalue weighted by atomic mass is 32.2. The summed E-state index contributed by atoms with van der Waals surface area (Å²) in [5, 5.41) is 5.20. The van der Waals surface area contributed by atoms with Crippen molar-refractivity contribution >= 4 is 25.7 Å². The summed E-state index contributed by atoms with van der Waals surface area (Å²) in [5.41, 5.74) is 3.06. The quantitative estimate of drug-likeness (QED) is 0.690. The molecule has 0 aliphatic carbocycles. The molecule has 1 aliphatic heterocycles.